The van der Waals surface area contributed by atoms with Gasteiger partial charge in [0.25, 0.3) is 0 Å². The molecule has 2 heteroatoms. The molecule has 0 radical (unpaired) electrons. The van der Waals surface area contributed by atoms with Gasteiger partial charge < -0.3 is 5.11 Å². The van der Waals surface area contributed by atoms with Gasteiger partial charge in [0, 0.05) is 11.8 Å². The molecule has 0 heterocycles. The first kappa shape index (κ1) is 7.99. The minimum absolute atomic E-state index is 0.0185. The first-order chi connectivity index (χ1) is 5.46. The number of carbonyl (C=O) groups is 1. The summed E-state index contributed by atoms with van der Waals surface area (Å²) in [4.78, 5) is 11.4. The lowest BCUT2D eigenvalue weighted by Crippen LogP contribution is -2.38. The molecular formula is C10H14O2. The Bertz CT molecular complexity index is 265. The van der Waals surface area contributed by atoms with Crippen LogP contribution < -0.4 is 0 Å². The van der Waals surface area contributed by atoms with Crippen LogP contribution in [0.15, 0.2) is 12.2 Å². The minimum atomic E-state index is -0.754. The van der Waals surface area contributed by atoms with Crippen molar-refractivity contribution in [2.75, 3.05) is 0 Å². The summed E-state index contributed by atoms with van der Waals surface area (Å²) in [5, 5.41) is 9.48. The third-order valence-corrected chi connectivity index (χ3v) is 3.65. The molecule has 2 saturated carbocycles. The standard InChI is InChI=1S/C10H14O2/c1-5-6-4-7(10(5,2)3)9(12)8(6)11/h6-8,11H,1,4H2,2-3H3/t6-,7-,8-/m0/s1. The normalized spacial score (nSPS) is 44.1. The lowest BCUT2D eigenvalue weighted by Gasteiger charge is -2.33. The second-order valence-corrected chi connectivity index (χ2v) is 4.49. The summed E-state index contributed by atoms with van der Waals surface area (Å²) in [5.74, 6) is 0.0832. The molecule has 2 nitrogen and oxygen atoms in total. The summed E-state index contributed by atoms with van der Waals surface area (Å²) >= 11 is 0. The molecule has 0 saturated heterocycles. The van der Waals surface area contributed by atoms with Crippen molar-refractivity contribution in [2.45, 2.75) is 26.4 Å². The Morgan fingerprint density at radius 2 is 2.17 bits per heavy atom. The van der Waals surface area contributed by atoms with Crippen LogP contribution in [0.25, 0.3) is 0 Å². The first-order valence-corrected chi connectivity index (χ1v) is 4.37. The fraction of sp³-hybridized carbons (Fsp3) is 0.700. The van der Waals surface area contributed by atoms with Gasteiger partial charge in [0.15, 0.2) is 5.78 Å². The number of fused-ring (bicyclic) bond motifs is 2. The maximum absolute atomic E-state index is 11.4. The van der Waals surface area contributed by atoms with Crippen molar-refractivity contribution in [3.63, 3.8) is 0 Å². The summed E-state index contributed by atoms with van der Waals surface area (Å²) in [5.41, 5.74) is 0.973. The lowest BCUT2D eigenvalue weighted by atomic mass is 9.72. The molecule has 0 aromatic carbocycles. The van der Waals surface area contributed by atoms with Crippen molar-refractivity contribution in [2.24, 2.45) is 17.3 Å². The smallest absolute Gasteiger partial charge is 0.165 e. The fourth-order valence-corrected chi connectivity index (χ4v) is 2.59. The first-order valence-electron chi connectivity index (χ1n) is 4.37. The zero-order valence-corrected chi connectivity index (χ0v) is 7.50. The number of Topliss-reactive ketones (excluding diaryl/α,β-unsaturated/α-hetero) is 1. The zero-order valence-electron chi connectivity index (χ0n) is 7.50. The maximum atomic E-state index is 11.4. The second kappa shape index (κ2) is 1.99. The van der Waals surface area contributed by atoms with E-state index in [2.05, 4.69) is 6.58 Å². The van der Waals surface area contributed by atoms with Crippen molar-refractivity contribution in [3.8, 4) is 0 Å². The highest BCUT2D eigenvalue weighted by Crippen LogP contribution is 2.56. The predicted molar refractivity (Wildman–Crippen MR) is 45.5 cm³/mol. The van der Waals surface area contributed by atoms with Crippen LogP contribution in [0.2, 0.25) is 0 Å². The molecule has 0 unspecified atom stereocenters. The van der Waals surface area contributed by atoms with Crippen molar-refractivity contribution >= 4 is 5.78 Å². The monoisotopic (exact) mass is 166 g/mol. The molecule has 0 aliphatic heterocycles. The number of aliphatic hydroxyl groups is 1. The van der Waals surface area contributed by atoms with Gasteiger partial charge in [-0.15, -0.1) is 0 Å². The highest BCUT2D eigenvalue weighted by molar-refractivity contribution is 5.91. The number of hydrogen-bond donors (Lipinski definition) is 1. The molecule has 3 atom stereocenters. The molecule has 0 spiro atoms. The number of hydrogen-bond acceptors (Lipinski definition) is 2. The van der Waals surface area contributed by atoms with Gasteiger partial charge in [0.2, 0.25) is 0 Å². The predicted octanol–water partition coefficient (Wildman–Crippen LogP) is 1.15. The zero-order chi connectivity index (χ0) is 9.09. The van der Waals surface area contributed by atoms with E-state index in [4.69, 9.17) is 0 Å². The molecular weight excluding hydrogens is 152 g/mol. The van der Waals surface area contributed by atoms with E-state index in [-0.39, 0.29) is 23.0 Å². The second-order valence-electron chi connectivity index (χ2n) is 4.49. The van der Waals surface area contributed by atoms with Crippen molar-refractivity contribution < 1.29 is 9.90 Å². The van der Waals surface area contributed by atoms with E-state index in [9.17, 15) is 9.90 Å². The minimum Gasteiger partial charge on any atom is -0.385 e. The van der Waals surface area contributed by atoms with Crippen LogP contribution >= 0.6 is 0 Å². The summed E-state index contributed by atoms with van der Waals surface area (Å²) in [6, 6.07) is 0. The number of rotatable bonds is 0. The van der Waals surface area contributed by atoms with Gasteiger partial charge in [-0.3, -0.25) is 4.79 Å². The van der Waals surface area contributed by atoms with Gasteiger partial charge >= 0.3 is 0 Å². The third-order valence-electron chi connectivity index (χ3n) is 3.65. The van der Waals surface area contributed by atoms with E-state index in [1.165, 1.54) is 0 Å². The number of carbonyl (C=O) groups excluding carboxylic acids is 1. The highest BCUT2D eigenvalue weighted by atomic mass is 16.3. The molecule has 12 heavy (non-hydrogen) atoms. The molecule has 2 fully saturated rings. The van der Waals surface area contributed by atoms with Crippen LogP contribution in [0.5, 0.6) is 0 Å². The fourth-order valence-electron chi connectivity index (χ4n) is 2.59. The van der Waals surface area contributed by atoms with Crippen molar-refractivity contribution in [1.82, 2.24) is 0 Å². The molecule has 0 aromatic rings. The Labute approximate surface area is 72.3 Å². The van der Waals surface area contributed by atoms with Crippen molar-refractivity contribution in [3.05, 3.63) is 12.2 Å². The van der Waals surface area contributed by atoms with Gasteiger partial charge in [-0.1, -0.05) is 26.0 Å². The molecule has 0 aromatic heterocycles. The van der Waals surface area contributed by atoms with Gasteiger partial charge in [0.05, 0.1) is 0 Å². The van der Waals surface area contributed by atoms with Gasteiger partial charge in [-0.25, -0.2) is 0 Å². The van der Waals surface area contributed by atoms with Crippen LogP contribution in [0.4, 0.5) is 0 Å². The van der Waals surface area contributed by atoms with Crippen molar-refractivity contribution in [1.29, 1.82) is 0 Å². The van der Waals surface area contributed by atoms with E-state index >= 15 is 0 Å². The van der Waals surface area contributed by atoms with Gasteiger partial charge in [-0.2, -0.15) is 0 Å². The Balaban J connectivity index is 2.42. The summed E-state index contributed by atoms with van der Waals surface area (Å²) in [7, 11) is 0. The third kappa shape index (κ3) is 0.667. The molecule has 2 bridgehead atoms. The Morgan fingerprint density at radius 1 is 1.58 bits per heavy atom. The van der Waals surface area contributed by atoms with Crippen LogP contribution in [0.1, 0.15) is 20.3 Å². The average molecular weight is 166 g/mol. The van der Waals surface area contributed by atoms with Crippen LogP contribution in [0, 0.1) is 17.3 Å². The van der Waals surface area contributed by atoms with Crippen LogP contribution in [-0.2, 0) is 4.79 Å². The van der Waals surface area contributed by atoms with Crippen LogP contribution in [-0.4, -0.2) is 17.0 Å². The van der Waals surface area contributed by atoms with E-state index in [0.29, 0.717) is 0 Å². The largest absolute Gasteiger partial charge is 0.385 e. The summed E-state index contributed by atoms with van der Waals surface area (Å²) in [6.07, 6.45) is 0.0572. The van der Waals surface area contributed by atoms with Gasteiger partial charge in [0.1, 0.15) is 6.10 Å². The molecule has 1 N–H and O–H groups in total. The molecule has 2 rings (SSSR count). The maximum Gasteiger partial charge on any atom is 0.165 e. The SMILES string of the molecule is C=C1[C@@H]2C[C@@H](C(=O)[C@H]2O)C1(C)C. The topological polar surface area (TPSA) is 37.3 Å². The van der Waals surface area contributed by atoms with Gasteiger partial charge in [-0.05, 0) is 11.8 Å². The average Bonchev–Trinajstić information content (AvgIpc) is 2.38. The Morgan fingerprint density at radius 3 is 2.58 bits per heavy atom. The van der Waals surface area contributed by atoms with E-state index in [1.807, 2.05) is 13.8 Å². The summed E-state index contributed by atoms with van der Waals surface area (Å²) < 4.78 is 0. The number of aliphatic hydroxyl groups excluding tert-OH is 1. The van der Waals surface area contributed by atoms with Crippen LogP contribution in [0.3, 0.4) is 0 Å². The molecule has 66 valence electrons. The lowest BCUT2D eigenvalue weighted by molar-refractivity contribution is -0.132. The number of ketones is 1. The highest BCUT2D eigenvalue weighted by Gasteiger charge is 2.57. The molecule has 2 aliphatic carbocycles. The summed E-state index contributed by atoms with van der Waals surface area (Å²) in [6.45, 7) is 8.05. The van der Waals surface area contributed by atoms with E-state index < -0.39 is 6.10 Å². The Kier molecular flexibility index (Phi) is 1.33. The van der Waals surface area contributed by atoms with E-state index in [0.717, 1.165) is 12.0 Å². The quantitative estimate of drug-likeness (QED) is 0.548. The molecule has 0 amide bonds. The molecule has 2 aliphatic rings. The Hall–Kier alpha value is -0.630. The van der Waals surface area contributed by atoms with E-state index in [1.54, 1.807) is 0 Å².